The molecule has 0 aromatic rings. The molecule has 0 bridgehead atoms. The van der Waals surface area contributed by atoms with Gasteiger partial charge in [-0.1, -0.05) is 20.8 Å². The van der Waals surface area contributed by atoms with Crippen LogP contribution in [0.15, 0.2) is 0 Å². The van der Waals surface area contributed by atoms with Crippen molar-refractivity contribution >= 4 is 9.84 Å². The monoisotopic (exact) mass is 290 g/mol. The maximum absolute atomic E-state index is 11.5. The highest BCUT2D eigenvalue weighted by molar-refractivity contribution is 7.91. The third-order valence-corrected chi connectivity index (χ3v) is 5.54. The molecule has 0 unspecified atom stereocenters. The van der Waals surface area contributed by atoms with E-state index in [2.05, 4.69) is 24.1 Å². The van der Waals surface area contributed by atoms with Crippen molar-refractivity contribution in [1.29, 1.82) is 0 Å². The fraction of sp³-hybridized carbons (Fsp3) is 1.00. The summed E-state index contributed by atoms with van der Waals surface area (Å²) >= 11 is 0. The molecule has 0 aromatic carbocycles. The number of rotatable bonds is 8. The summed E-state index contributed by atoms with van der Waals surface area (Å²) in [4.78, 5) is 2.30. The first-order chi connectivity index (χ1) is 8.93. The third kappa shape index (κ3) is 7.28. The molecule has 19 heavy (non-hydrogen) atoms. The molecule has 0 aromatic heterocycles. The summed E-state index contributed by atoms with van der Waals surface area (Å²) in [6.45, 7) is 11.2. The van der Waals surface area contributed by atoms with Crippen LogP contribution in [0.3, 0.4) is 0 Å². The van der Waals surface area contributed by atoms with Crippen molar-refractivity contribution in [1.82, 2.24) is 10.2 Å². The highest BCUT2D eigenvalue weighted by Gasteiger charge is 2.20. The van der Waals surface area contributed by atoms with Crippen molar-refractivity contribution in [2.24, 2.45) is 11.8 Å². The highest BCUT2D eigenvalue weighted by Crippen LogP contribution is 2.16. The van der Waals surface area contributed by atoms with E-state index >= 15 is 0 Å². The number of hydrogen-bond donors (Lipinski definition) is 1. The Kier molecular flexibility index (Phi) is 7.32. The molecule has 1 aliphatic heterocycles. The first kappa shape index (κ1) is 16.9. The minimum absolute atomic E-state index is 0.266. The fourth-order valence-electron chi connectivity index (χ4n) is 2.40. The molecule has 0 spiro atoms. The van der Waals surface area contributed by atoms with Crippen LogP contribution in [0.2, 0.25) is 0 Å². The predicted octanol–water partition coefficient (Wildman–Crippen LogP) is 1.38. The normalized spacial score (nSPS) is 19.2. The van der Waals surface area contributed by atoms with Crippen LogP contribution in [-0.2, 0) is 9.84 Å². The zero-order chi connectivity index (χ0) is 14.3. The molecule has 1 fully saturated rings. The Morgan fingerprint density at radius 2 is 1.89 bits per heavy atom. The minimum atomic E-state index is -2.81. The van der Waals surface area contributed by atoms with Crippen molar-refractivity contribution in [2.75, 3.05) is 44.2 Å². The second kappa shape index (κ2) is 8.22. The van der Waals surface area contributed by atoms with Crippen LogP contribution in [0.5, 0.6) is 0 Å². The van der Waals surface area contributed by atoms with Gasteiger partial charge in [-0.05, 0) is 50.9 Å². The van der Waals surface area contributed by atoms with E-state index in [-0.39, 0.29) is 5.75 Å². The lowest BCUT2D eigenvalue weighted by atomic mass is 9.96. The summed E-state index contributed by atoms with van der Waals surface area (Å²) in [6, 6.07) is 0. The largest absolute Gasteiger partial charge is 0.316 e. The first-order valence-corrected chi connectivity index (χ1v) is 9.38. The van der Waals surface area contributed by atoms with Crippen LogP contribution in [0, 0.1) is 11.8 Å². The predicted molar refractivity (Wildman–Crippen MR) is 81.2 cm³/mol. The quantitative estimate of drug-likeness (QED) is 0.734. The van der Waals surface area contributed by atoms with E-state index in [0.29, 0.717) is 18.2 Å². The van der Waals surface area contributed by atoms with E-state index < -0.39 is 9.84 Å². The van der Waals surface area contributed by atoms with Crippen molar-refractivity contribution in [2.45, 2.75) is 33.6 Å². The standard InChI is InChI=1S/C14H30N2O2S/c1-4-19(17,18)10-9-16-7-5-14(6-8-16)12-15-11-13(2)3/h13-15H,4-12H2,1-3H3. The summed E-state index contributed by atoms with van der Waals surface area (Å²) in [5, 5.41) is 3.52. The first-order valence-electron chi connectivity index (χ1n) is 7.56. The molecule has 0 atom stereocenters. The average Bonchev–Trinajstić information content (AvgIpc) is 2.37. The molecular weight excluding hydrogens is 260 g/mol. The Morgan fingerprint density at radius 3 is 2.42 bits per heavy atom. The number of nitrogens with one attached hydrogen (secondary N) is 1. The van der Waals surface area contributed by atoms with Crippen LogP contribution >= 0.6 is 0 Å². The van der Waals surface area contributed by atoms with E-state index in [1.807, 2.05) is 0 Å². The van der Waals surface area contributed by atoms with Gasteiger partial charge in [0.1, 0.15) is 0 Å². The van der Waals surface area contributed by atoms with Gasteiger partial charge in [0.15, 0.2) is 9.84 Å². The summed E-state index contributed by atoms with van der Waals surface area (Å²) in [7, 11) is -2.81. The molecule has 0 aliphatic carbocycles. The van der Waals surface area contributed by atoms with Crippen LogP contribution in [0.25, 0.3) is 0 Å². The molecule has 1 N–H and O–H groups in total. The Bertz CT molecular complexity index is 333. The lowest BCUT2D eigenvalue weighted by Gasteiger charge is -2.32. The van der Waals surface area contributed by atoms with Crippen LogP contribution in [0.4, 0.5) is 0 Å². The van der Waals surface area contributed by atoms with Crippen molar-refractivity contribution < 1.29 is 8.42 Å². The van der Waals surface area contributed by atoms with Crippen LogP contribution in [-0.4, -0.2) is 57.5 Å². The van der Waals surface area contributed by atoms with Gasteiger partial charge in [0, 0.05) is 12.3 Å². The highest BCUT2D eigenvalue weighted by atomic mass is 32.2. The van der Waals surface area contributed by atoms with E-state index in [0.717, 1.165) is 32.1 Å². The van der Waals surface area contributed by atoms with E-state index in [1.165, 1.54) is 12.8 Å². The lowest BCUT2D eigenvalue weighted by molar-refractivity contribution is 0.190. The molecule has 0 radical (unpaired) electrons. The van der Waals surface area contributed by atoms with Crippen molar-refractivity contribution in [3.63, 3.8) is 0 Å². The third-order valence-electron chi connectivity index (χ3n) is 3.85. The molecule has 1 aliphatic rings. The SMILES string of the molecule is CCS(=O)(=O)CCN1CCC(CNCC(C)C)CC1. The molecule has 114 valence electrons. The van der Waals surface area contributed by atoms with E-state index in [1.54, 1.807) is 6.92 Å². The summed E-state index contributed by atoms with van der Waals surface area (Å²) in [5.41, 5.74) is 0. The van der Waals surface area contributed by atoms with Crippen LogP contribution in [0.1, 0.15) is 33.6 Å². The maximum Gasteiger partial charge on any atom is 0.151 e. The second-order valence-electron chi connectivity index (χ2n) is 6.07. The van der Waals surface area contributed by atoms with Gasteiger partial charge in [0.25, 0.3) is 0 Å². The number of hydrogen-bond acceptors (Lipinski definition) is 4. The zero-order valence-corrected chi connectivity index (χ0v) is 13.5. The number of sulfone groups is 1. The molecule has 5 heteroatoms. The average molecular weight is 290 g/mol. The Hall–Kier alpha value is -0.130. The van der Waals surface area contributed by atoms with Gasteiger partial charge in [0.05, 0.1) is 5.75 Å². The van der Waals surface area contributed by atoms with Gasteiger partial charge < -0.3 is 10.2 Å². The fourth-order valence-corrected chi connectivity index (χ4v) is 3.23. The molecule has 1 saturated heterocycles. The van der Waals surface area contributed by atoms with Gasteiger partial charge >= 0.3 is 0 Å². The van der Waals surface area contributed by atoms with Crippen LogP contribution < -0.4 is 5.32 Å². The molecule has 1 rings (SSSR count). The van der Waals surface area contributed by atoms with Crippen molar-refractivity contribution in [3.8, 4) is 0 Å². The summed E-state index contributed by atoms with van der Waals surface area (Å²) < 4.78 is 22.9. The maximum atomic E-state index is 11.5. The number of likely N-dealkylation sites (tertiary alicyclic amines) is 1. The molecule has 1 heterocycles. The summed E-state index contributed by atoms with van der Waals surface area (Å²) in [5.74, 6) is 2.06. The van der Waals surface area contributed by atoms with E-state index in [4.69, 9.17) is 0 Å². The zero-order valence-electron chi connectivity index (χ0n) is 12.7. The molecule has 4 nitrogen and oxygen atoms in total. The Labute approximate surface area is 118 Å². The van der Waals surface area contributed by atoms with Gasteiger partial charge in [-0.15, -0.1) is 0 Å². The van der Waals surface area contributed by atoms with Gasteiger partial charge in [-0.3, -0.25) is 0 Å². The summed E-state index contributed by atoms with van der Waals surface area (Å²) in [6.07, 6.45) is 2.38. The molecular formula is C14H30N2O2S. The minimum Gasteiger partial charge on any atom is -0.316 e. The van der Waals surface area contributed by atoms with Gasteiger partial charge in [0.2, 0.25) is 0 Å². The molecule has 0 amide bonds. The van der Waals surface area contributed by atoms with Gasteiger partial charge in [-0.25, -0.2) is 8.42 Å². The number of piperidine rings is 1. The second-order valence-corrected chi connectivity index (χ2v) is 8.55. The Morgan fingerprint density at radius 1 is 1.26 bits per heavy atom. The number of nitrogens with zero attached hydrogens (tertiary/aromatic N) is 1. The Balaban J connectivity index is 2.15. The van der Waals surface area contributed by atoms with Gasteiger partial charge in [-0.2, -0.15) is 0 Å². The topological polar surface area (TPSA) is 49.4 Å². The van der Waals surface area contributed by atoms with E-state index in [9.17, 15) is 8.42 Å². The molecule has 0 saturated carbocycles. The van der Waals surface area contributed by atoms with Crippen molar-refractivity contribution in [3.05, 3.63) is 0 Å². The smallest absolute Gasteiger partial charge is 0.151 e. The lowest BCUT2D eigenvalue weighted by Crippen LogP contribution is -2.40.